The lowest BCUT2D eigenvalue weighted by atomic mass is 9.97. The first kappa shape index (κ1) is 20.8. The number of hydrogen-bond donors (Lipinski definition) is 1. The maximum atomic E-state index is 12.2. The maximum absolute atomic E-state index is 12.2. The van der Waals surface area contributed by atoms with E-state index >= 15 is 0 Å². The first-order chi connectivity index (χ1) is 13.9. The van der Waals surface area contributed by atoms with Crippen molar-refractivity contribution in [3.8, 4) is 5.75 Å². The predicted octanol–water partition coefficient (Wildman–Crippen LogP) is 1.91. The van der Waals surface area contributed by atoms with Gasteiger partial charge in [-0.2, -0.15) is 0 Å². The van der Waals surface area contributed by atoms with Gasteiger partial charge < -0.3 is 20.1 Å². The van der Waals surface area contributed by atoms with Crippen LogP contribution in [0, 0.1) is 12.8 Å². The van der Waals surface area contributed by atoms with Crippen LogP contribution in [0.25, 0.3) is 0 Å². The van der Waals surface area contributed by atoms with Gasteiger partial charge in [-0.3, -0.25) is 9.59 Å². The van der Waals surface area contributed by atoms with E-state index in [4.69, 9.17) is 15.2 Å². The molecule has 8 nitrogen and oxygen atoms in total. The van der Waals surface area contributed by atoms with E-state index in [0.29, 0.717) is 37.3 Å². The van der Waals surface area contributed by atoms with Gasteiger partial charge in [0, 0.05) is 18.5 Å². The van der Waals surface area contributed by atoms with Crippen LogP contribution in [-0.4, -0.2) is 47.4 Å². The van der Waals surface area contributed by atoms with Gasteiger partial charge in [0.25, 0.3) is 5.91 Å². The van der Waals surface area contributed by atoms with Crippen LogP contribution in [-0.2, 0) is 20.9 Å². The highest BCUT2D eigenvalue weighted by Crippen LogP contribution is 2.18. The fourth-order valence-corrected chi connectivity index (χ4v) is 3.65. The molecule has 0 radical (unpaired) electrons. The van der Waals surface area contributed by atoms with Crippen molar-refractivity contribution >= 4 is 29.1 Å². The van der Waals surface area contributed by atoms with E-state index in [0.717, 1.165) is 10.7 Å². The van der Waals surface area contributed by atoms with Crippen molar-refractivity contribution in [3.63, 3.8) is 0 Å². The Morgan fingerprint density at radius 1 is 1.28 bits per heavy atom. The number of piperidine rings is 1. The minimum atomic E-state index is -0.594. The van der Waals surface area contributed by atoms with Gasteiger partial charge in [0.05, 0.1) is 22.2 Å². The van der Waals surface area contributed by atoms with Gasteiger partial charge in [-0.1, -0.05) is 0 Å². The van der Waals surface area contributed by atoms with Crippen molar-refractivity contribution in [1.29, 1.82) is 0 Å². The SMILES string of the molecule is Cc1nc(COc2ccc(C(=O)OCC(=O)N3CCC[C@H](C(N)=O)C3)cc2)cs1. The highest BCUT2D eigenvalue weighted by atomic mass is 32.1. The minimum Gasteiger partial charge on any atom is -0.487 e. The second kappa shape index (κ2) is 9.51. The van der Waals surface area contributed by atoms with Crippen LogP contribution in [0.2, 0.25) is 0 Å². The molecule has 1 aliphatic heterocycles. The molecule has 2 N–H and O–H groups in total. The summed E-state index contributed by atoms with van der Waals surface area (Å²) >= 11 is 1.56. The molecule has 2 heterocycles. The normalized spacial score (nSPS) is 16.3. The van der Waals surface area contributed by atoms with Gasteiger partial charge in [0.2, 0.25) is 5.91 Å². The van der Waals surface area contributed by atoms with Crippen molar-refractivity contribution in [2.75, 3.05) is 19.7 Å². The summed E-state index contributed by atoms with van der Waals surface area (Å²) in [6, 6.07) is 6.50. The number of nitrogens with zero attached hydrogens (tertiary/aromatic N) is 2. The summed E-state index contributed by atoms with van der Waals surface area (Å²) in [5.41, 5.74) is 6.50. The largest absolute Gasteiger partial charge is 0.487 e. The third-order valence-corrected chi connectivity index (χ3v) is 5.47. The second-order valence-electron chi connectivity index (χ2n) is 6.83. The highest BCUT2D eigenvalue weighted by molar-refractivity contribution is 7.09. The number of aromatic nitrogens is 1. The predicted molar refractivity (Wildman–Crippen MR) is 106 cm³/mol. The Kier molecular flexibility index (Phi) is 6.82. The number of nitrogens with two attached hydrogens (primary N) is 1. The Bertz CT molecular complexity index is 880. The van der Waals surface area contributed by atoms with Crippen LogP contribution in [0.15, 0.2) is 29.6 Å². The van der Waals surface area contributed by atoms with E-state index in [1.165, 1.54) is 4.90 Å². The van der Waals surface area contributed by atoms with E-state index in [9.17, 15) is 14.4 Å². The zero-order valence-electron chi connectivity index (χ0n) is 16.1. The van der Waals surface area contributed by atoms with E-state index < -0.39 is 11.9 Å². The van der Waals surface area contributed by atoms with Crippen LogP contribution in [0.3, 0.4) is 0 Å². The molecule has 1 atom stereocenters. The smallest absolute Gasteiger partial charge is 0.338 e. The first-order valence-corrected chi connectivity index (χ1v) is 10.2. The zero-order valence-corrected chi connectivity index (χ0v) is 16.9. The average Bonchev–Trinajstić information content (AvgIpc) is 3.15. The number of esters is 1. The molecule has 1 fully saturated rings. The molecule has 29 heavy (non-hydrogen) atoms. The van der Waals surface area contributed by atoms with Gasteiger partial charge in [-0.25, -0.2) is 9.78 Å². The van der Waals surface area contributed by atoms with Crippen molar-refractivity contribution in [2.24, 2.45) is 11.7 Å². The van der Waals surface area contributed by atoms with Gasteiger partial charge >= 0.3 is 5.97 Å². The number of rotatable bonds is 7. The number of benzene rings is 1. The van der Waals surface area contributed by atoms with E-state index in [1.54, 1.807) is 35.6 Å². The van der Waals surface area contributed by atoms with Gasteiger partial charge in [0.15, 0.2) is 6.61 Å². The van der Waals surface area contributed by atoms with Gasteiger partial charge in [-0.15, -0.1) is 11.3 Å². The lowest BCUT2D eigenvalue weighted by Gasteiger charge is -2.31. The van der Waals surface area contributed by atoms with Crippen molar-refractivity contribution in [3.05, 3.63) is 45.9 Å². The Labute approximate surface area is 172 Å². The molecule has 2 amide bonds. The number of amides is 2. The molecule has 9 heteroatoms. The summed E-state index contributed by atoms with van der Waals surface area (Å²) in [5.74, 6) is -1.07. The number of likely N-dealkylation sites (tertiary alicyclic amines) is 1. The fraction of sp³-hybridized carbons (Fsp3) is 0.400. The van der Waals surface area contributed by atoms with E-state index in [-0.39, 0.29) is 25.0 Å². The Morgan fingerprint density at radius 2 is 2.03 bits per heavy atom. The van der Waals surface area contributed by atoms with E-state index in [2.05, 4.69) is 4.98 Å². The Morgan fingerprint density at radius 3 is 2.69 bits per heavy atom. The quantitative estimate of drug-likeness (QED) is 0.689. The zero-order chi connectivity index (χ0) is 20.8. The summed E-state index contributed by atoms with van der Waals surface area (Å²) < 4.78 is 10.8. The monoisotopic (exact) mass is 417 g/mol. The third-order valence-electron chi connectivity index (χ3n) is 4.65. The number of carbonyl (C=O) groups excluding carboxylic acids is 3. The Hall–Kier alpha value is -2.94. The Balaban J connectivity index is 1.46. The summed E-state index contributed by atoms with van der Waals surface area (Å²) in [7, 11) is 0. The standard InChI is InChI=1S/C20H23N3O5S/c1-13-22-16(12-29-13)10-27-17-6-4-14(5-7-17)20(26)28-11-18(24)23-8-2-3-15(9-23)19(21)25/h4-7,12,15H,2-3,8-11H2,1H3,(H2,21,25)/t15-/m0/s1. The molecule has 154 valence electrons. The van der Waals surface area contributed by atoms with Crippen molar-refractivity contribution in [2.45, 2.75) is 26.4 Å². The molecule has 1 aliphatic rings. The molecule has 0 unspecified atom stereocenters. The lowest BCUT2D eigenvalue weighted by molar-refractivity contribution is -0.137. The molecule has 2 aromatic rings. The van der Waals surface area contributed by atoms with Crippen molar-refractivity contribution in [1.82, 2.24) is 9.88 Å². The average molecular weight is 417 g/mol. The topological polar surface area (TPSA) is 112 Å². The summed E-state index contributed by atoms with van der Waals surface area (Å²) in [4.78, 5) is 41.6. The van der Waals surface area contributed by atoms with Gasteiger partial charge in [0.1, 0.15) is 12.4 Å². The molecule has 3 rings (SSSR count). The molecule has 0 aliphatic carbocycles. The van der Waals surface area contributed by atoms with E-state index in [1.807, 2.05) is 12.3 Å². The number of ether oxygens (including phenoxy) is 2. The van der Waals surface area contributed by atoms with Crippen LogP contribution in [0.4, 0.5) is 0 Å². The van der Waals surface area contributed by atoms with Crippen LogP contribution in [0.5, 0.6) is 5.75 Å². The number of thiazole rings is 1. The maximum Gasteiger partial charge on any atom is 0.338 e. The number of aryl methyl sites for hydroxylation is 1. The molecular weight excluding hydrogens is 394 g/mol. The van der Waals surface area contributed by atoms with Crippen LogP contribution >= 0.6 is 11.3 Å². The first-order valence-electron chi connectivity index (χ1n) is 9.30. The van der Waals surface area contributed by atoms with Crippen LogP contribution in [0.1, 0.15) is 33.9 Å². The lowest BCUT2D eigenvalue weighted by Crippen LogP contribution is -2.45. The van der Waals surface area contributed by atoms with Crippen molar-refractivity contribution < 1.29 is 23.9 Å². The molecule has 1 aromatic heterocycles. The molecule has 0 spiro atoms. The molecule has 0 saturated carbocycles. The number of carbonyl (C=O) groups is 3. The minimum absolute atomic E-state index is 0.274. The molecule has 1 saturated heterocycles. The third kappa shape index (κ3) is 5.77. The molecule has 1 aromatic carbocycles. The van der Waals surface area contributed by atoms with Crippen LogP contribution < -0.4 is 10.5 Å². The number of hydrogen-bond acceptors (Lipinski definition) is 7. The highest BCUT2D eigenvalue weighted by Gasteiger charge is 2.27. The fourth-order valence-electron chi connectivity index (χ4n) is 3.06. The molecule has 0 bridgehead atoms. The summed E-state index contributed by atoms with van der Waals surface area (Å²) in [5, 5.41) is 2.91. The summed E-state index contributed by atoms with van der Waals surface area (Å²) in [6.07, 6.45) is 1.38. The number of primary amides is 1. The van der Waals surface area contributed by atoms with Gasteiger partial charge in [-0.05, 0) is 44.0 Å². The second-order valence-corrected chi connectivity index (χ2v) is 7.89. The molecular formula is C20H23N3O5S. The summed E-state index contributed by atoms with van der Waals surface area (Å²) in [6.45, 7) is 2.72.